The Bertz CT molecular complexity index is 5230. The average Bonchev–Trinajstić information content (AvgIpc) is 1.54. The second-order valence-corrected chi connectivity index (χ2v) is 30.3. The van der Waals surface area contributed by atoms with Crippen LogP contribution >= 0.6 is 12.2 Å². The number of allylic oxidation sites excluding steroid dienone is 1. The van der Waals surface area contributed by atoms with Crippen LogP contribution in [0.15, 0.2) is 162 Å². The molecule has 652 valence electrons. The van der Waals surface area contributed by atoms with Crippen LogP contribution in [0.2, 0.25) is 0 Å². The van der Waals surface area contributed by atoms with Crippen LogP contribution in [0.4, 0.5) is 5.69 Å². The van der Waals surface area contributed by atoms with Gasteiger partial charge in [-0.2, -0.15) is 0 Å². The van der Waals surface area contributed by atoms with Gasteiger partial charge in [0.25, 0.3) is 0 Å². The van der Waals surface area contributed by atoms with Gasteiger partial charge < -0.3 is 110 Å². The molecule has 38 heteroatoms. The Labute approximate surface area is 716 Å². The Morgan fingerprint density at radius 1 is 0.500 bits per heavy atom. The number of fused-ring (bicyclic) bond motifs is 7. The molecule has 37 nitrogen and oxygen atoms in total. The Hall–Kier alpha value is -14.6. The summed E-state index contributed by atoms with van der Waals surface area (Å²) in [7, 11) is 0. The number of anilines is 1. The van der Waals surface area contributed by atoms with E-state index in [0.717, 1.165) is 17.8 Å². The summed E-state index contributed by atoms with van der Waals surface area (Å²) < 4.78 is 12.2. The minimum Gasteiger partial charge on any atom is -0.508 e. The molecule has 3 aliphatic heterocycles. The summed E-state index contributed by atoms with van der Waals surface area (Å²) in [6, 6.07) is 22.7. The number of phenolic OH excluding ortho intramolecular Hbond substituents is 2. The summed E-state index contributed by atoms with van der Waals surface area (Å²) in [6.07, 6.45) is 2.76. The second kappa shape index (κ2) is 43.1. The molecule has 0 saturated carbocycles. The van der Waals surface area contributed by atoms with Gasteiger partial charge in [0.15, 0.2) is 10.7 Å². The number of phenols is 2. The zero-order valence-corrected chi connectivity index (χ0v) is 68.6. The van der Waals surface area contributed by atoms with Gasteiger partial charge in [0.05, 0.1) is 18.4 Å². The number of rotatable bonds is 43. The van der Waals surface area contributed by atoms with E-state index in [1.54, 1.807) is 109 Å². The average molecular weight is 1720 g/mol. The summed E-state index contributed by atoms with van der Waals surface area (Å²) >= 11 is 5.59. The molecule has 1 spiro atoms. The number of aromatic amines is 1. The van der Waals surface area contributed by atoms with Crippen molar-refractivity contribution in [2.75, 3.05) is 25.0 Å². The summed E-state index contributed by atoms with van der Waals surface area (Å²) in [6.45, 7) is 3.38. The first-order chi connectivity index (χ1) is 59.3. The third-order valence-corrected chi connectivity index (χ3v) is 20.7. The van der Waals surface area contributed by atoms with Crippen LogP contribution in [0.1, 0.15) is 129 Å². The Morgan fingerprint density at radius 2 is 0.976 bits per heavy atom. The Morgan fingerprint density at radius 3 is 1.52 bits per heavy atom. The molecule has 0 radical (unpaired) electrons. The molecule has 13 amide bonds. The van der Waals surface area contributed by atoms with E-state index >= 15 is 0 Å². The lowest BCUT2D eigenvalue weighted by Gasteiger charge is -2.36. The standard InChI is InChI=1S/C86H97N17O20S/c1-46(104)89-32-14-13-25-63(97-82(119)69(43-74(110)111)102-78(115)65(36-50-19-8-5-9-20-50)99-79(116)66(94-48(3)106)37-51-44-93-61-23-11-10-22-56(51)61)76(113)98-64(35-49-17-6-4-7-18-49)77(114)101-68(42-73(87)109)81(118)100-67(39-52-21-16-34-90-52)80(117)103-70(45-92-47(2)105)83(120)96-62(75(88)112)24-12-15-33-91-85(124)95-53-26-29-58-57(38-53)84(121)123-86(58)59-30-27-54(107)40-71(59)122-72-41-55(108)28-31-60(72)86/h4-11,17-23,26-31,34,38,40-41,44,62-70,93,107-108H,12-16,24-25,32-33,35-37,39,42-43,45H2,1-3H3,(H2,87,109)(H2,88,112)(H,89,104)(H,92,105)(H,94,106)(H,96,120)(H,97,119)(H,98,113)(H,99,116)(H,100,118)(H,101,114)(H,102,115)(H,103,117)(H,110,111)(H2,91,95,124)/t62-,63-,64+,65+,66-,67-,68+,69-,70?/m0/s1. The molecule has 1 aromatic heterocycles. The minimum atomic E-state index is -1.96. The van der Waals surface area contributed by atoms with Crippen molar-refractivity contribution >= 4 is 129 Å². The fourth-order valence-corrected chi connectivity index (χ4v) is 14.6. The molecule has 0 bridgehead atoms. The fourth-order valence-electron chi connectivity index (χ4n) is 14.4. The number of H-pyrrole nitrogens is 1. The number of amides is 13. The number of nitrogens with one attached hydrogen (secondary N) is 14. The molecule has 0 aliphatic carbocycles. The number of nitrogens with zero attached hydrogens (tertiary/aromatic N) is 1. The van der Waals surface area contributed by atoms with E-state index in [0.29, 0.717) is 51.9 Å². The van der Waals surface area contributed by atoms with E-state index in [9.17, 15) is 87.2 Å². The zero-order chi connectivity index (χ0) is 89.3. The summed E-state index contributed by atoms with van der Waals surface area (Å²) in [5.41, 5.74) is 14.6. The van der Waals surface area contributed by atoms with Gasteiger partial charge in [0, 0.05) is 136 Å². The van der Waals surface area contributed by atoms with E-state index in [4.69, 9.17) is 33.2 Å². The highest BCUT2D eigenvalue weighted by molar-refractivity contribution is 7.80. The summed E-state index contributed by atoms with van der Waals surface area (Å²) in [5, 5.41) is 65.9. The van der Waals surface area contributed by atoms with Gasteiger partial charge in [0.2, 0.25) is 76.8 Å². The van der Waals surface area contributed by atoms with Gasteiger partial charge >= 0.3 is 11.9 Å². The number of hydrogen-bond donors (Lipinski definition) is 19. The number of nitrogens with two attached hydrogens (primary N) is 2. The Balaban J connectivity index is 0.799. The lowest BCUT2D eigenvalue weighted by molar-refractivity contribution is -0.141. The van der Waals surface area contributed by atoms with Crippen LogP contribution in [-0.2, 0) is 96.7 Å². The minimum absolute atomic E-state index is 0.0361. The summed E-state index contributed by atoms with van der Waals surface area (Å²) in [4.78, 5) is 214. The molecule has 10 rings (SSSR count). The van der Waals surface area contributed by atoms with Crippen molar-refractivity contribution in [2.24, 2.45) is 16.5 Å². The molecule has 6 aromatic carbocycles. The molecule has 21 N–H and O–H groups in total. The molecule has 1 unspecified atom stereocenters. The topological polar surface area (TPSA) is 572 Å². The number of hydrogen-bond acceptors (Lipinski definition) is 21. The van der Waals surface area contributed by atoms with Crippen LogP contribution in [0.3, 0.4) is 0 Å². The number of carbonyl (C=O) groups excluding carboxylic acids is 14. The van der Waals surface area contributed by atoms with Crippen molar-refractivity contribution in [3.63, 3.8) is 0 Å². The predicted molar refractivity (Wildman–Crippen MR) is 454 cm³/mol. The number of carbonyl (C=O) groups is 15. The van der Waals surface area contributed by atoms with E-state index in [1.807, 2.05) is 18.2 Å². The van der Waals surface area contributed by atoms with Crippen LogP contribution in [-0.4, -0.2) is 194 Å². The largest absolute Gasteiger partial charge is 0.508 e. The monoisotopic (exact) mass is 1720 g/mol. The van der Waals surface area contributed by atoms with Gasteiger partial charge in [-0.3, -0.25) is 72.1 Å². The smallest absolute Gasteiger partial charge is 0.340 e. The molecule has 9 atom stereocenters. The van der Waals surface area contributed by atoms with Gasteiger partial charge in [0.1, 0.15) is 77.4 Å². The number of ether oxygens (including phenoxy) is 2. The summed E-state index contributed by atoms with van der Waals surface area (Å²) in [5.74, 6) is -14.3. The third kappa shape index (κ3) is 25.3. The van der Waals surface area contributed by atoms with E-state index in [-0.39, 0.29) is 116 Å². The predicted octanol–water partition coefficient (Wildman–Crippen LogP) is 1.74. The van der Waals surface area contributed by atoms with Crippen molar-refractivity contribution in [3.8, 4) is 23.0 Å². The third-order valence-electron chi connectivity index (χ3n) is 20.4. The SMILES string of the molecule is CC(=O)NCCCC[C@H](NC(=O)[C@H](CC(=O)O)NC(=O)[C@@H](Cc1ccccc1)NC(=O)[C@H](Cc1c[nH]c2ccccc12)NC(C)=O)C(=O)N[C@H](Cc1ccccc1)C(=O)N[C@H](CC(N)=O)C(=O)N[C@@H](CC1=CCC=N1)C(=O)NC(CNC(C)=O)C(=O)N[C@@H](CCCCNC(=S)Nc1ccc2c(c1)C(=O)OC21c2ccc(O)cc2Oc2cc(O)ccc21)C(N)=O. The normalized spacial score (nSPS) is 14.6. The number of aliphatic carboxylic acids is 1. The first kappa shape index (κ1) is 91.7. The first-order valence-corrected chi connectivity index (χ1v) is 40.3. The molecule has 7 aromatic rings. The van der Waals surface area contributed by atoms with Crippen LogP contribution < -0.4 is 85.3 Å². The molecular formula is C86H97N17O20S. The van der Waals surface area contributed by atoms with Crippen molar-refractivity contribution in [2.45, 2.75) is 164 Å². The number of benzene rings is 6. The first-order valence-electron chi connectivity index (χ1n) is 39.9. The maximum Gasteiger partial charge on any atom is 0.340 e. The lowest BCUT2D eigenvalue weighted by atomic mass is 9.77. The van der Waals surface area contributed by atoms with E-state index in [2.05, 4.69) is 79.1 Å². The quantitative estimate of drug-likeness (QED) is 0.0147. The number of aromatic nitrogens is 1. The number of unbranched alkanes of at least 4 members (excludes halogenated alkanes) is 2. The van der Waals surface area contributed by atoms with Crippen molar-refractivity contribution in [1.82, 2.24) is 68.8 Å². The van der Waals surface area contributed by atoms with E-state index in [1.165, 1.54) is 44.3 Å². The lowest BCUT2D eigenvalue weighted by Crippen LogP contribution is -2.61. The fraction of sp³-hybridized carbons (Fsp3) is 0.337. The molecule has 124 heavy (non-hydrogen) atoms. The van der Waals surface area contributed by atoms with Crippen molar-refractivity contribution < 1.29 is 96.7 Å². The Kier molecular flexibility index (Phi) is 31.9. The maximum atomic E-state index is 15.0. The van der Waals surface area contributed by atoms with Gasteiger partial charge in [-0.15, -0.1) is 0 Å². The molecule has 3 aliphatic rings. The van der Waals surface area contributed by atoms with Gasteiger partial charge in [-0.05, 0) is 110 Å². The number of aliphatic imine (C=N–C) groups is 1. The number of carboxylic acid groups (broad SMARTS) is 1. The highest BCUT2D eigenvalue weighted by Gasteiger charge is 2.54. The number of carboxylic acids is 1. The second-order valence-electron chi connectivity index (χ2n) is 29.9. The highest BCUT2D eigenvalue weighted by atomic mass is 32.1. The zero-order valence-electron chi connectivity index (χ0n) is 67.8. The number of aromatic hydroxyl groups is 2. The van der Waals surface area contributed by atoms with E-state index < -0.39 is 162 Å². The van der Waals surface area contributed by atoms with Crippen LogP contribution in [0.5, 0.6) is 23.0 Å². The maximum absolute atomic E-state index is 15.0. The van der Waals surface area contributed by atoms with Crippen molar-refractivity contribution in [3.05, 3.63) is 196 Å². The van der Waals surface area contributed by atoms with Crippen LogP contribution in [0, 0.1) is 0 Å². The number of thiocarbonyl (C=S) groups is 1. The number of esters is 1. The van der Waals surface area contributed by atoms with Gasteiger partial charge in [-0.1, -0.05) is 91.0 Å². The molecule has 4 heterocycles. The van der Waals surface area contributed by atoms with Crippen molar-refractivity contribution in [1.29, 1.82) is 0 Å². The molecular weight excluding hydrogens is 1620 g/mol. The number of primary amides is 2. The van der Waals surface area contributed by atoms with Crippen LogP contribution in [0.25, 0.3) is 10.9 Å². The number of para-hydroxylation sites is 1. The molecule has 0 fully saturated rings. The highest BCUT2D eigenvalue weighted by Crippen LogP contribution is 2.57. The van der Waals surface area contributed by atoms with Gasteiger partial charge in [-0.25, -0.2) is 4.79 Å². The molecule has 0 saturated heterocycles.